The van der Waals surface area contributed by atoms with Gasteiger partial charge in [0, 0.05) is 31.2 Å². The average Bonchev–Trinajstić information content (AvgIpc) is 3.10. The molecule has 0 saturated carbocycles. The number of carbonyl (C=O) groups excluding carboxylic acids is 2. The number of hydrogen-bond donors (Lipinski definition) is 4. The number of aromatic amines is 1. The summed E-state index contributed by atoms with van der Waals surface area (Å²) in [4.78, 5) is 48.5. The molecule has 0 aliphatic carbocycles. The summed E-state index contributed by atoms with van der Waals surface area (Å²) < 4.78 is 10.8. The number of hydrogen-bond acceptors (Lipinski definition) is 9. The molecule has 0 spiro atoms. The molecule has 12 heteroatoms. The van der Waals surface area contributed by atoms with Gasteiger partial charge in [-0.15, -0.1) is 0 Å². The van der Waals surface area contributed by atoms with Gasteiger partial charge in [0.1, 0.15) is 17.9 Å². The third-order valence-electron chi connectivity index (χ3n) is 4.15. The van der Waals surface area contributed by atoms with Crippen molar-refractivity contribution in [1.29, 1.82) is 0 Å². The zero-order valence-electron chi connectivity index (χ0n) is 16.0. The molecule has 1 amide bonds. The number of nitrogens with one attached hydrogen (secondary N) is 1. The Labute approximate surface area is 169 Å². The number of aliphatic hydroxyl groups is 2. The monoisotopic (exact) mass is 423 g/mol. The van der Waals surface area contributed by atoms with E-state index in [9.17, 15) is 29.5 Å². The minimum atomic E-state index is -0.963. The van der Waals surface area contributed by atoms with E-state index in [-0.39, 0.29) is 24.9 Å². The van der Waals surface area contributed by atoms with Gasteiger partial charge >= 0.3 is 11.7 Å². The fraction of sp³-hybridized carbons (Fsp3) is 0.444. The van der Waals surface area contributed by atoms with Crippen LogP contribution in [-0.4, -0.2) is 74.4 Å². The van der Waals surface area contributed by atoms with Crippen LogP contribution in [0.4, 0.5) is 0 Å². The van der Waals surface area contributed by atoms with Crippen LogP contribution in [0, 0.1) is 11.8 Å². The van der Waals surface area contributed by atoms with Crippen LogP contribution in [0.5, 0.6) is 0 Å². The minimum absolute atomic E-state index is 0.0158. The smallest absolute Gasteiger partial charge is 0.330 e. The fourth-order valence-corrected chi connectivity index (χ4v) is 2.56. The Kier molecular flexibility index (Phi) is 8.07. The molecule has 1 aromatic heterocycles. The molecule has 1 aliphatic heterocycles. The van der Waals surface area contributed by atoms with Gasteiger partial charge in [0.05, 0.1) is 26.4 Å². The fourth-order valence-electron chi connectivity index (χ4n) is 2.56. The highest BCUT2D eigenvalue weighted by Crippen LogP contribution is 2.27. The molecule has 162 valence electrons. The highest BCUT2D eigenvalue weighted by Gasteiger charge is 2.35. The summed E-state index contributed by atoms with van der Waals surface area (Å²) in [5, 5.41) is 28.9. The summed E-state index contributed by atoms with van der Waals surface area (Å²) in [7, 11) is 1.14. The van der Waals surface area contributed by atoms with Gasteiger partial charge in [0.2, 0.25) is 0 Å². The number of aromatic nitrogens is 2. The maximum absolute atomic E-state index is 12.0. The quantitative estimate of drug-likeness (QED) is 0.131. The van der Waals surface area contributed by atoms with Crippen molar-refractivity contribution in [1.82, 2.24) is 14.6 Å². The zero-order chi connectivity index (χ0) is 22.3. The van der Waals surface area contributed by atoms with Crippen molar-refractivity contribution in [2.24, 2.45) is 0 Å². The number of amides is 1. The molecular formula is C18H21N3O9. The van der Waals surface area contributed by atoms with Crippen LogP contribution in [0.15, 0.2) is 27.9 Å². The van der Waals surface area contributed by atoms with E-state index in [0.717, 1.165) is 23.8 Å². The van der Waals surface area contributed by atoms with Gasteiger partial charge in [0.25, 0.3) is 11.5 Å². The van der Waals surface area contributed by atoms with Crippen molar-refractivity contribution in [3.05, 3.63) is 44.8 Å². The molecule has 3 atom stereocenters. The van der Waals surface area contributed by atoms with Crippen LogP contribution in [0.3, 0.4) is 0 Å². The van der Waals surface area contributed by atoms with Crippen LogP contribution < -0.4 is 11.2 Å². The third-order valence-corrected chi connectivity index (χ3v) is 4.15. The number of H-pyrrole nitrogens is 1. The first-order chi connectivity index (χ1) is 14.3. The molecule has 2 rings (SSSR count). The Morgan fingerprint density at radius 2 is 2.17 bits per heavy atom. The highest BCUT2D eigenvalue weighted by molar-refractivity contribution is 5.93. The minimum Gasteiger partial charge on any atom is -0.466 e. The van der Waals surface area contributed by atoms with Gasteiger partial charge < -0.3 is 19.7 Å². The van der Waals surface area contributed by atoms with Gasteiger partial charge in [0.15, 0.2) is 0 Å². The Morgan fingerprint density at radius 3 is 2.80 bits per heavy atom. The molecule has 1 unspecified atom stereocenters. The SMILES string of the molecule is COC(=O)/C=C/C(=O)N(O)CCC#Cc1cn([C@H]2CC(O)[C@@H](CO)O2)c(=O)[nH]c1=O. The summed E-state index contributed by atoms with van der Waals surface area (Å²) in [6.07, 6.45) is 0.196. The number of methoxy groups -OCH3 is 1. The molecule has 0 bridgehead atoms. The number of aliphatic hydroxyl groups excluding tert-OH is 2. The summed E-state index contributed by atoms with van der Waals surface area (Å²) in [6.45, 7) is -0.626. The van der Waals surface area contributed by atoms with Crippen LogP contribution in [0.25, 0.3) is 0 Å². The number of nitrogens with zero attached hydrogens (tertiary/aromatic N) is 2. The summed E-state index contributed by atoms with van der Waals surface area (Å²) in [6, 6.07) is 0. The van der Waals surface area contributed by atoms with E-state index in [1.807, 2.05) is 0 Å². The molecule has 1 fully saturated rings. The molecule has 4 N–H and O–H groups in total. The first-order valence-corrected chi connectivity index (χ1v) is 8.82. The second kappa shape index (κ2) is 10.5. The Hall–Kier alpha value is -3.24. The van der Waals surface area contributed by atoms with E-state index in [1.54, 1.807) is 0 Å². The molecule has 0 aromatic carbocycles. The van der Waals surface area contributed by atoms with E-state index in [1.165, 1.54) is 6.20 Å². The lowest BCUT2D eigenvalue weighted by Gasteiger charge is -2.14. The molecule has 12 nitrogen and oxygen atoms in total. The van der Waals surface area contributed by atoms with Gasteiger partial charge in [-0.05, 0) is 0 Å². The standard InChI is InChI=1S/C18H21N3O9/c1-29-16(25)6-5-14(24)21(28)7-3-2-4-11-9-20(18(27)19-17(11)26)15-8-12(23)13(10-22)30-15/h5-6,9,12-13,15,22-23,28H,3,7-8,10H2,1H3,(H,19,26,27)/b6-5+/t12?,13-,15-/m1/s1. The summed E-state index contributed by atoms with van der Waals surface area (Å²) in [5.41, 5.74) is -1.56. The molecular weight excluding hydrogens is 402 g/mol. The van der Waals surface area contributed by atoms with E-state index in [0.29, 0.717) is 5.06 Å². The van der Waals surface area contributed by atoms with Crippen molar-refractivity contribution < 1.29 is 34.5 Å². The lowest BCUT2D eigenvalue weighted by molar-refractivity contribution is -0.159. The number of rotatable bonds is 6. The van der Waals surface area contributed by atoms with Gasteiger partial charge in [-0.2, -0.15) is 0 Å². The third kappa shape index (κ3) is 5.88. The van der Waals surface area contributed by atoms with Gasteiger partial charge in [-0.3, -0.25) is 24.3 Å². The van der Waals surface area contributed by atoms with Crippen molar-refractivity contribution in [3.8, 4) is 11.8 Å². The molecule has 2 heterocycles. The van der Waals surface area contributed by atoms with Gasteiger partial charge in [-0.25, -0.2) is 14.7 Å². The van der Waals surface area contributed by atoms with Crippen LogP contribution >= 0.6 is 0 Å². The summed E-state index contributed by atoms with van der Waals surface area (Å²) in [5.74, 6) is 3.51. The Morgan fingerprint density at radius 1 is 1.43 bits per heavy atom. The van der Waals surface area contributed by atoms with Gasteiger partial charge in [-0.1, -0.05) is 11.8 Å². The maximum Gasteiger partial charge on any atom is 0.330 e. The number of carbonyl (C=O) groups is 2. The van der Waals surface area contributed by atoms with E-state index in [4.69, 9.17) is 9.84 Å². The second-order valence-electron chi connectivity index (χ2n) is 6.19. The zero-order valence-corrected chi connectivity index (χ0v) is 16.0. The molecule has 1 aliphatic rings. The lowest BCUT2D eigenvalue weighted by Crippen LogP contribution is -2.33. The molecule has 0 radical (unpaired) electrons. The maximum atomic E-state index is 12.0. The van der Waals surface area contributed by atoms with Crippen molar-refractivity contribution in [3.63, 3.8) is 0 Å². The number of esters is 1. The average molecular weight is 423 g/mol. The first kappa shape index (κ1) is 23.0. The largest absolute Gasteiger partial charge is 0.466 e. The first-order valence-electron chi connectivity index (χ1n) is 8.82. The Bertz CT molecular complexity index is 985. The predicted molar refractivity (Wildman–Crippen MR) is 99.1 cm³/mol. The predicted octanol–water partition coefficient (Wildman–Crippen LogP) is -2.13. The number of ether oxygens (including phenoxy) is 2. The van der Waals surface area contributed by atoms with Crippen molar-refractivity contribution >= 4 is 11.9 Å². The lowest BCUT2D eigenvalue weighted by atomic mass is 10.2. The van der Waals surface area contributed by atoms with E-state index < -0.39 is 48.2 Å². The van der Waals surface area contributed by atoms with Crippen molar-refractivity contribution in [2.75, 3.05) is 20.3 Å². The topological polar surface area (TPSA) is 171 Å². The molecule has 1 aromatic rings. The number of hydroxylamine groups is 2. The Balaban J connectivity index is 2.04. The van der Waals surface area contributed by atoms with E-state index in [2.05, 4.69) is 21.6 Å². The normalized spacial score (nSPS) is 20.6. The second-order valence-corrected chi connectivity index (χ2v) is 6.19. The van der Waals surface area contributed by atoms with Crippen LogP contribution in [0.2, 0.25) is 0 Å². The van der Waals surface area contributed by atoms with Crippen molar-refractivity contribution in [2.45, 2.75) is 31.3 Å². The molecule has 1 saturated heterocycles. The van der Waals surface area contributed by atoms with E-state index >= 15 is 0 Å². The highest BCUT2D eigenvalue weighted by atomic mass is 16.5. The van der Waals surface area contributed by atoms with Crippen LogP contribution in [-0.2, 0) is 19.1 Å². The van der Waals surface area contributed by atoms with Crippen LogP contribution in [0.1, 0.15) is 24.6 Å². The summed E-state index contributed by atoms with van der Waals surface area (Å²) >= 11 is 0. The molecule has 30 heavy (non-hydrogen) atoms.